The minimum absolute atomic E-state index is 0.264. The zero-order valence-corrected chi connectivity index (χ0v) is 19.0. The van der Waals surface area contributed by atoms with E-state index in [1.165, 1.54) is 23.9 Å². The van der Waals surface area contributed by atoms with Crippen LogP contribution in [0, 0.1) is 0 Å². The number of carbonyl (C=O) groups excluding carboxylic acids is 1. The molecule has 0 aliphatic heterocycles. The second-order valence-corrected chi connectivity index (χ2v) is 10.0. The molecule has 1 heterocycles. The van der Waals surface area contributed by atoms with Crippen LogP contribution in [0.2, 0.25) is 0 Å². The second kappa shape index (κ2) is 8.97. The van der Waals surface area contributed by atoms with Gasteiger partial charge in [0, 0.05) is 18.0 Å². The first-order valence-electron chi connectivity index (χ1n) is 9.60. The van der Waals surface area contributed by atoms with Gasteiger partial charge >= 0.3 is 0 Å². The Hall–Kier alpha value is -2.71. The second-order valence-electron chi connectivity index (χ2n) is 7.17. The summed E-state index contributed by atoms with van der Waals surface area (Å²) in [5.41, 5.74) is 3.63. The summed E-state index contributed by atoms with van der Waals surface area (Å²) in [5, 5.41) is 5.13. The van der Waals surface area contributed by atoms with Crippen molar-refractivity contribution in [3.8, 4) is 11.3 Å². The van der Waals surface area contributed by atoms with Crippen molar-refractivity contribution in [2.24, 2.45) is 0 Å². The van der Waals surface area contributed by atoms with Gasteiger partial charge in [0.15, 0.2) is 5.13 Å². The summed E-state index contributed by atoms with van der Waals surface area (Å²) in [6, 6.07) is 14.9. The molecular formula is C22H25N3O3S2. The molecule has 1 N–H and O–H groups in total. The number of carbonyl (C=O) groups is 1. The van der Waals surface area contributed by atoms with E-state index in [0.717, 1.165) is 28.2 Å². The molecule has 30 heavy (non-hydrogen) atoms. The van der Waals surface area contributed by atoms with Gasteiger partial charge in [-0.2, -0.15) is 0 Å². The molecule has 0 spiro atoms. The van der Waals surface area contributed by atoms with Gasteiger partial charge in [-0.25, -0.2) is 13.4 Å². The zero-order valence-electron chi connectivity index (χ0n) is 17.4. The number of sulfonamides is 1. The predicted molar refractivity (Wildman–Crippen MR) is 124 cm³/mol. The molecule has 0 aliphatic carbocycles. The lowest BCUT2D eigenvalue weighted by molar-refractivity contribution is 0.102. The highest BCUT2D eigenvalue weighted by Crippen LogP contribution is 2.28. The number of anilines is 2. The first kappa shape index (κ1) is 22.0. The number of amides is 1. The lowest BCUT2D eigenvalue weighted by Gasteiger charge is -2.19. The van der Waals surface area contributed by atoms with Crippen molar-refractivity contribution in [3.05, 3.63) is 65.0 Å². The van der Waals surface area contributed by atoms with Crippen LogP contribution in [0.4, 0.5) is 10.8 Å². The van der Waals surface area contributed by atoms with Crippen LogP contribution in [0.3, 0.4) is 0 Å². The molecule has 0 aliphatic rings. The average Bonchev–Trinajstić information content (AvgIpc) is 3.20. The van der Waals surface area contributed by atoms with E-state index < -0.39 is 15.9 Å². The van der Waals surface area contributed by atoms with E-state index in [4.69, 9.17) is 0 Å². The average molecular weight is 444 g/mol. The van der Waals surface area contributed by atoms with Gasteiger partial charge in [0.25, 0.3) is 5.91 Å². The molecule has 3 rings (SSSR count). The molecule has 0 saturated heterocycles. The molecule has 1 aromatic heterocycles. The van der Waals surface area contributed by atoms with Crippen LogP contribution in [0.25, 0.3) is 11.3 Å². The van der Waals surface area contributed by atoms with E-state index in [0.29, 0.717) is 16.7 Å². The Balaban J connectivity index is 1.79. The van der Waals surface area contributed by atoms with Gasteiger partial charge in [-0.3, -0.25) is 14.4 Å². The van der Waals surface area contributed by atoms with Gasteiger partial charge in [0.2, 0.25) is 10.0 Å². The highest BCUT2D eigenvalue weighted by molar-refractivity contribution is 7.92. The Bertz CT molecular complexity index is 1140. The molecule has 158 valence electrons. The van der Waals surface area contributed by atoms with Gasteiger partial charge < -0.3 is 0 Å². The number of hydrogen-bond acceptors (Lipinski definition) is 5. The molecule has 0 saturated carbocycles. The number of nitrogens with one attached hydrogen (secondary N) is 1. The Morgan fingerprint density at radius 1 is 1.17 bits per heavy atom. The van der Waals surface area contributed by atoms with Crippen LogP contribution in [-0.4, -0.2) is 32.6 Å². The number of thiazole rings is 1. The molecule has 2 aromatic carbocycles. The van der Waals surface area contributed by atoms with E-state index in [9.17, 15) is 13.2 Å². The molecule has 3 aromatic rings. The minimum atomic E-state index is -3.49. The van der Waals surface area contributed by atoms with Crippen molar-refractivity contribution >= 4 is 38.1 Å². The third-order valence-electron chi connectivity index (χ3n) is 5.10. The number of para-hydroxylation sites is 1. The Morgan fingerprint density at radius 2 is 1.83 bits per heavy atom. The van der Waals surface area contributed by atoms with Gasteiger partial charge in [-0.05, 0) is 30.0 Å². The highest BCUT2D eigenvalue weighted by atomic mass is 32.2. The molecule has 8 heteroatoms. The Morgan fingerprint density at radius 3 is 2.47 bits per heavy atom. The fourth-order valence-corrected chi connectivity index (χ4v) is 4.20. The van der Waals surface area contributed by atoms with Crippen LogP contribution in [0.5, 0.6) is 0 Å². The van der Waals surface area contributed by atoms with Crippen LogP contribution in [0.15, 0.2) is 53.9 Å². The van der Waals surface area contributed by atoms with E-state index in [1.807, 2.05) is 17.5 Å². The number of rotatable bonds is 7. The van der Waals surface area contributed by atoms with E-state index in [2.05, 4.69) is 36.3 Å². The van der Waals surface area contributed by atoms with Gasteiger partial charge in [0.1, 0.15) is 0 Å². The van der Waals surface area contributed by atoms with Gasteiger partial charge in [-0.15, -0.1) is 11.3 Å². The molecule has 6 nitrogen and oxygen atoms in total. The number of aromatic nitrogens is 1. The molecule has 1 atom stereocenters. The highest BCUT2D eigenvalue weighted by Gasteiger charge is 2.20. The fraction of sp³-hybridized carbons (Fsp3) is 0.273. The largest absolute Gasteiger partial charge is 0.298 e. The van der Waals surface area contributed by atoms with Crippen LogP contribution < -0.4 is 9.62 Å². The van der Waals surface area contributed by atoms with Crippen LogP contribution in [-0.2, 0) is 10.0 Å². The maximum atomic E-state index is 12.8. The minimum Gasteiger partial charge on any atom is -0.298 e. The first-order chi connectivity index (χ1) is 14.2. The number of hydrogen-bond donors (Lipinski definition) is 1. The van der Waals surface area contributed by atoms with E-state index in [1.54, 1.807) is 24.3 Å². The molecule has 0 radical (unpaired) electrons. The summed E-state index contributed by atoms with van der Waals surface area (Å²) in [7, 11) is -2.07. The summed E-state index contributed by atoms with van der Waals surface area (Å²) in [4.78, 5) is 17.3. The predicted octanol–water partition coefficient (Wildman–Crippen LogP) is 4.97. The van der Waals surface area contributed by atoms with Crippen molar-refractivity contribution in [1.29, 1.82) is 0 Å². The monoisotopic (exact) mass is 443 g/mol. The Labute approximate surface area is 181 Å². The van der Waals surface area contributed by atoms with E-state index in [-0.39, 0.29) is 5.56 Å². The number of benzene rings is 2. The van der Waals surface area contributed by atoms with Crippen molar-refractivity contribution in [1.82, 2.24) is 4.98 Å². The van der Waals surface area contributed by atoms with Crippen molar-refractivity contribution in [2.45, 2.75) is 26.2 Å². The lowest BCUT2D eigenvalue weighted by atomic mass is 9.97. The molecule has 1 amide bonds. The molecule has 0 bridgehead atoms. The first-order valence-corrected chi connectivity index (χ1v) is 12.3. The Kier molecular flexibility index (Phi) is 6.58. The normalized spacial score (nSPS) is 12.4. The summed E-state index contributed by atoms with van der Waals surface area (Å²) in [5.74, 6) is 0.101. The molecule has 0 fully saturated rings. The summed E-state index contributed by atoms with van der Waals surface area (Å²) in [6.45, 7) is 4.37. The fourth-order valence-electron chi connectivity index (χ4n) is 2.97. The van der Waals surface area contributed by atoms with Crippen molar-refractivity contribution in [2.75, 3.05) is 22.9 Å². The molecular weight excluding hydrogens is 418 g/mol. The molecule has 0 unspecified atom stereocenters. The SMILES string of the molecule is CC[C@@H](C)c1ccc(-c2csc(NC(=O)c3ccccc3N(C)S(C)(=O)=O)n2)cc1. The van der Waals surface area contributed by atoms with E-state index >= 15 is 0 Å². The summed E-state index contributed by atoms with van der Waals surface area (Å²) >= 11 is 1.33. The third kappa shape index (κ3) is 4.88. The standard InChI is InChI=1S/C22H25N3O3S2/c1-5-15(2)16-10-12-17(13-11-16)19-14-29-22(23-19)24-21(26)18-8-6-7-9-20(18)25(3)30(4,27)28/h6-15H,5H2,1-4H3,(H,23,24,26)/t15-/m1/s1. The number of nitrogens with zero attached hydrogens (tertiary/aromatic N) is 2. The lowest BCUT2D eigenvalue weighted by Crippen LogP contribution is -2.27. The van der Waals surface area contributed by atoms with Gasteiger partial charge in [-0.1, -0.05) is 50.2 Å². The van der Waals surface area contributed by atoms with Crippen LogP contribution in [0.1, 0.15) is 42.1 Å². The summed E-state index contributed by atoms with van der Waals surface area (Å²) in [6.07, 6.45) is 2.18. The van der Waals surface area contributed by atoms with Crippen LogP contribution >= 0.6 is 11.3 Å². The summed E-state index contributed by atoms with van der Waals surface area (Å²) < 4.78 is 24.9. The topological polar surface area (TPSA) is 79.4 Å². The maximum Gasteiger partial charge on any atom is 0.259 e. The van der Waals surface area contributed by atoms with Crippen molar-refractivity contribution in [3.63, 3.8) is 0 Å². The van der Waals surface area contributed by atoms with Crippen molar-refractivity contribution < 1.29 is 13.2 Å². The van der Waals surface area contributed by atoms with Gasteiger partial charge in [0.05, 0.1) is 23.2 Å². The smallest absolute Gasteiger partial charge is 0.259 e. The third-order valence-corrected chi connectivity index (χ3v) is 7.05. The quantitative estimate of drug-likeness (QED) is 0.559. The maximum absolute atomic E-state index is 12.8. The zero-order chi connectivity index (χ0) is 21.9.